The fourth-order valence-corrected chi connectivity index (χ4v) is 3.71. The maximum absolute atomic E-state index is 11.1. The van der Waals surface area contributed by atoms with Crippen molar-refractivity contribution >= 4 is 17.3 Å². The van der Waals surface area contributed by atoms with E-state index < -0.39 is 12.0 Å². The summed E-state index contributed by atoms with van der Waals surface area (Å²) in [5.74, 6) is 0.0350. The molecule has 0 fully saturated rings. The van der Waals surface area contributed by atoms with Gasteiger partial charge in [0.2, 0.25) is 0 Å². The average molecular weight is 318 g/mol. The number of carboxylic acid groups (broad SMARTS) is 1. The molecule has 1 aromatic heterocycles. The van der Waals surface area contributed by atoms with Crippen LogP contribution in [0.4, 0.5) is 0 Å². The van der Waals surface area contributed by atoms with E-state index in [1.165, 1.54) is 0 Å². The predicted octanol–water partition coefficient (Wildman–Crippen LogP) is 2.65. The van der Waals surface area contributed by atoms with E-state index in [0.717, 1.165) is 39.9 Å². The first-order chi connectivity index (χ1) is 10.6. The van der Waals surface area contributed by atoms with Gasteiger partial charge in [-0.25, -0.2) is 4.98 Å². The SMILES string of the molecule is COc1cccc(-c2nc3c(s2)CN(C(C)C(=O)O)CC3)c1. The highest BCUT2D eigenvalue weighted by atomic mass is 32.1. The number of fused-ring (bicyclic) bond motifs is 1. The quantitative estimate of drug-likeness (QED) is 0.939. The second kappa shape index (κ2) is 6.06. The van der Waals surface area contributed by atoms with Crippen LogP contribution in [0.2, 0.25) is 0 Å². The third-order valence-electron chi connectivity index (χ3n) is 3.98. The summed E-state index contributed by atoms with van der Waals surface area (Å²) >= 11 is 1.64. The number of aromatic nitrogens is 1. The molecule has 1 N–H and O–H groups in total. The fourth-order valence-electron chi connectivity index (χ4n) is 2.58. The lowest BCUT2D eigenvalue weighted by Crippen LogP contribution is -2.41. The molecule has 0 radical (unpaired) electrons. The minimum Gasteiger partial charge on any atom is -0.497 e. The molecule has 1 unspecified atom stereocenters. The van der Waals surface area contributed by atoms with Gasteiger partial charge in [-0.1, -0.05) is 12.1 Å². The van der Waals surface area contributed by atoms with Crippen molar-refractivity contribution in [2.45, 2.75) is 25.9 Å². The van der Waals surface area contributed by atoms with Crippen molar-refractivity contribution < 1.29 is 14.6 Å². The summed E-state index contributed by atoms with van der Waals surface area (Å²) in [6, 6.07) is 7.39. The van der Waals surface area contributed by atoms with Crippen LogP contribution >= 0.6 is 11.3 Å². The van der Waals surface area contributed by atoms with E-state index in [9.17, 15) is 4.79 Å². The Labute approximate surface area is 133 Å². The van der Waals surface area contributed by atoms with Crippen molar-refractivity contribution in [2.24, 2.45) is 0 Å². The normalized spacial score (nSPS) is 16.1. The van der Waals surface area contributed by atoms with Crippen molar-refractivity contribution in [1.29, 1.82) is 0 Å². The maximum atomic E-state index is 11.1. The first kappa shape index (κ1) is 15.0. The Morgan fingerprint density at radius 2 is 2.32 bits per heavy atom. The van der Waals surface area contributed by atoms with Crippen LogP contribution in [-0.4, -0.2) is 40.7 Å². The van der Waals surface area contributed by atoms with Crippen LogP contribution in [0.25, 0.3) is 10.6 Å². The Hall–Kier alpha value is -1.92. The van der Waals surface area contributed by atoms with Crippen molar-refractivity contribution in [3.8, 4) is 16.3 Å². The largest absolute Gasteiger partial charge is 0.497 e. The molecule has 2 heterocycles. The number of carbonyl (C=O) groups is 1. The predicted molar refractivity (Wildman–Crippen MR) is 85.3 cm³/mol. The van der Waals surface area contributed by atoms with E-state index >= 15 is 0 Å². The fraction of sp³-hybridized carbons (Fsp3) is 0.375. The number of nitrogens with zero attached hydrogens (tertiary/aromatic N) is 2. The number of benzene rings is 1. The Bertz CT molecular complexity index is 698. The van der Waals surface area contributed by atoms with E-state index in [2.05, 4.69) is 0 Å². The average Bonchev–Trinajstić information content (AvgIpc) is 2.97. The Balaban J connectivity index is 1.85. The minimum atomic E-state index is -0.777. The van der Waals surface area contributed by atoms with Gasteiger partial charge in [-0.2, -0.15) is 0 Å². The van der Waals surface area contributed by atoms with Gasteiger partial charge in [-0.15, -0.1) is 11.3 Å². The zero-order valence-electron chi connectivity index (χ0n) is 12.6. The minimum absolute atomic E-state index is 0.462. The molecule has 2 aromatic rings. The van der Waals surface area contributed by atoms with Gasteiger partial charge in [0.25, 0.3) is 0 Å². The van der Waals surface area contributed by atoms with Gasteiger partial charge in [-0.3, -0.25) is 9.69 Å². The molecule has 0 amide bonds. The summed E-state index contributed by atoms with van der Waals surface area (Å²) in [5.41, 5.74) is 2.13. The van der Waals surface area contributed by atoms with E-state index in [0.29, 0.717) is 6.54 Å². The van der Waals surface area contributed by atoms with E-state index in [4.69, 9.17) is 14.8 Å². The van der Waals surface area contributed by atoms with Crippen LogP contribution in [0.15, 0.2) is 24.3 Å². The number of ether oxygens (including phenoxy) is 1. The molecule has 0 aliphatic carbocycles. The highest BCUT2D eigenvalue weighted by Gasteiger charge is 2.27. The van der Waals surface area contributed by atoms with Gasteiger partial charge in [0.15, 0.2) is 0 Å². The first-order valence-corrected chi connectivity index (χ1v) is 8.00. The molecule has 0 saturated carbocycles. The molecule has 22 heavy (non-hydrogen) atoms. The molecular formula is C16H18N2O3S. The van der Waals surface area contributed by atoms with Crippen LogP contribution in [-0.2, 0) is 17.8 Å². The molecule has 5 nitrogen and oxygen atoms in total. The second-order valence-electron chi connectivity index (χ2n) is 5.36. The second-order valence-corrected chi connectivity index (χ2v) is 6.44. The molecule has 6 heteroatoms. The zero-order valence-corrected chi connectivity index (χ0v) is 13.4. The van der Waals surface area contributed by atoms with Gasteiger partial charge in [-0.05, 0) is 19.1 Å². The van der Waals surface area contributed by atoms with Crippen LogP contribution < -0.4 is 4.74 Å². The Morgan fingerprint density at radius 1 is 1.50 bits per heavy atom. The number of aliphatic carboxylic acids is 1. The zero-order chi connectivity index (χ0) is 15.7. The van der Waals surface area contributed by atoms with Gasteiger partial charge in [0, 0.05) is 30.0 Å². The molecule has 0 saturated heterocycles. The van der Waals surface area contributed by atoms with Crippen LogP contribution in [0.3, 0.4) is 0 Å². The van der Waals surface area contributed by atoms with Gasteiger partial charge in [0.1, 0.15) is 16.8 Å². The van der Waals surface area contributed by atoms with Crippen LogP contribution in [0.5, 0.6) is 5.75 Å². The van der Waals surface area contributed by atoms with Crippen LogP contribution in [0, 0.1) is 0 Å². The summed E-state index contributed by atoms with van der Waals surface area (Å²) in [6.45, 7) is 3.13. The van der Waals surface area contributed by atoms with Crippen molar-refractivity contribution in [3.05, 3.63) is 34.8 Å². The molecular weight excluding hydrogens is 300 g/mol. The number of carboxylic acids is 1. The topological polar surface area (TPSA) is 62.7 Å². The molecule has 3 rings (SSSR count). The van der Waals surface area contributed by atoms with Gasteiger partial charge in [0.05, 0.1) is 12.8 Å². The lowest BCUT2D eigenvalue weighted by molar-refractivity contribution is -0.142. The number of hydrogen-bond donors (Lipinski definition) is 1. The van der Waals surface area contributed by atoms with Gasteiger partial charge >= 0.3 is 5.97 Å². The van der Waals surface area contributed by atoms with Gasteiger partial charge < -0.3 is 9.84 Å². The lowest BCUT2D eigenvalue weighted by Gasteiger charge is -2.28. The molecule has 1 aromatic carbocycles. The lowest BCUT2D eigenvalue weighted by atomic mass is 10.1. The van der Waals surface area contributed by atoms with Crippen molar-refractivity contribution in [3.63, 3.8) is 0 Å². The standard InChI is InChI=1S/C16H18N2O3S/c1-10(16(19)20)18-7-6-13-14(9-18)22-15(17-13)11-4-3-5-12(8-11)21-2/h3-5,8,10H,6-7,9H2,1-2H3,(H,19,20). The molecule has 1 atom stereocenters. The Morgan fingerprint density at radius 3 is 3.05 bits per heavy atom. The number of hydrogen-bond acceptors (Lipinski definition) is 5. The smallest absolute Gasteiger partial charge is 0.320 e. The number of thiazole rings is 1. The van der Waals surface area contributed by atoms with Crippen molar-refractivity contribution in [1.82, 2.24) is 9.88 Å². The molecule has 1 aliphatic heterocycles. The highest BCUT2D eigenvalue weighted by molar-refractivity contribution is 7.15. The molecule has 1 aliphatic rings. The van der Waals surface area contributed by atoms with Crippen molar-refractivity contribution in [2.75, 3.05) is 13.7 Å². The molecule has 0 bridgehead atoms. The van der Waals surface area contributed by atoms with Crippen LogP contribution in [0.1, 0.15) is 17.5 Å². The van der Waals surface area contributed by atoms with E-state index in [-0.39, 0.29) is 0 Å². The maximum Gasteiger partial charge on any atom is 0.320 e. The summed E-state index contributed by atoms with van der Waals surface area (Å²) in [6.07, 6.45) is 0.799. The van der Waals surface area contributed by atoms with E-state index in [1.807, 2.05) is 29.2 Å². The number of rotatable bonds is 4. The third kappa shape index (κ3) is 2.84. The highest BCUT2D eigenvalue weighted by Crippen LogP contribution is 2.33. The first-order valence-electron chi connectivity index (χ1n) is 7.18. The monoisotopic (exact) mass is 318 g/mol. The summed E-state index contributed by atoms with van der Waals surface area (Å²) in [5, 5.41) is 10.1. The third-order valence-corrected chi connectivity index (χ3v) is 5.11. The molecule has 116 valence electrons. The Kier molecular flexibility index (Phi) is 4.13. The van der Waals surface area contributed by atoms with E-state index in [1.54, 1.807) is 25.4 Å². The summed E-state index contributed by atoms with van der Waals surface area (Å²) in [4.78, 5) is 19.0. The number of methoxy groups -OCH3 is 1. The summed E-state index contributed by atoms with van der Waals surface area (Å²) < 4.78 is 5.26. The molecule has 0 spiro atoms. The summed E-state index contributed by atoms with van der Waals surface area (Å²) in [7, 11) is 1.65.